The van der Waals surface area contributed by atoms with E-state index in [2.05, 4.69) is 10.4 Å². The molecule has 0 fully saturated rings. The fourth-order valence-electron chi connectivity index (χ4n) is 2.81. The molecule has 1 heterocycles. The van der Waals surface area contributed by atoms with Crippen molar-refractivity contribution in [3.8, 4) is 17.3 Å². The standard InChI is InChI=1S/C21H22FN3O2/c1-3-23-20(26)14-13-19-15(2)24-25(17-11-9-16(22)10-12-17)21(19)27-18-7-5-4-6-8-18/h4-12H,3,13-14H2,1-2H3,(H,23,26). The van der Waals surface area contributed by atoms with Crippen LogP contribution in [-0.4, -0.2) is 22.2 Å². The van der Waals surface area contributed by atoms with E-state index in [1.54, 1.807) is 16.8 Å². The molecular weight excluding hydrogens is 345 g/mol. The number of amides is 1. The zero-order chi connectivity index (χ0) is 19.2. The number of nitrogens with one attached hydrogen (secondary N) is 1. The van der Waals surface area contributed by atoms with Crippen LogP contribution in [0.3, 0.4) is 0 Å². The van der Waals surface area contributed by atoms with Gasteiger partial charge in [-0.3, -0.25) is 4.79 Å². The van der Waals surface area contributed by atoms with E-state index in [0.29, 0.717) is 36.7 Å². The highest BCUT2D eigenvalue weighted by molar-refractivity contribution is 5.76. The first-order valence-corrected chi connectivity index (χ1v) is 8.92. The lowest BCUT2D eigenvalue weighted by atomic mass is 10.1. The van der Waals surface area contributed by atoms with Gasteiger partial charge in [-0.05, 0) is 56.7 Å². The number of carbonyl (C=O) groups excluding carboxylic acids is 1. The molecule has 0 aliphatic carbocycles. The number of nitrogens with zero attached hydrogens (tertiary/aromatic N) is 2. The van der Waals surface area contributed by atoms with Crippen molar-refractivity contribution >= 4 is 5.91 Å². The molecule has 1 amide bonds. The molecule has 0 saturated carbocycles. The van der Waals surface area contributed by atoms with Gasteiger partial charge in [0, 0.05) is 18.5 Å². The van der Waals surface area contributed by atoms with Crippen LogP contribution in [-0.2, 0) is 11.2 Å². The predicted molar refractivity (Wildman–Crippen MR) is 102 cm³/mol. The van der Waals surface area contributed by atoms with Crippen LogP contribution in [0.5, 0.6) is 11.6 Å². The summed E-state index contributed by atoms with van der Waals surface area (Å²) in [7, 11) is 0. The van der Waals surface area contributed by atoms with Crippen LogP contribution < -0.4 is 10.1 Å². The van der Waals surface area contributed by atoms with E-state index in [1.807, 2.05) is 44.2 Å². The Labute approximate surface area is 157 Å². The topological polar surface area (TPSA) is 56.2 Å². The van der Waals surface area contributed by atoms with Crippen LogP contribution in [0.1, 0.15) is 24.6 Å². The number of carbonyl (C=O) groups is 1. The molecule has 0 aliphatic heterocycles. The summed E-state index contributed by atoms with van der Waals surface area (Å²) in [6.07, 6.45) is 0.843. The highest BCUT2D eigenvalue weighted by Gasteiger charge is 2.19. The van der Waals surface area contributed by atoms with Crippen molar-refractivity contribution in [3.63, 3.8) is 0 Å². The summed E-state index contributed by atoms with van der Waals surface area (Å²) in [5.41, 5.74) is 2.32. The third-order valence-electron chi connectivity index (χ3n) is 4.14. The number of hydrogen-bond donors (Lipinski definition) is 1. The molecule has 0 spiro atoms. The van der Waals surface area contributed by atoms with Crippen LogP contribution in [0.25, 0.3) is 5.69 Å². The van der Waals surface area contributed by atoms with Crippen LogP contribution in [0.15, 0.2) is 54.6 Å². The van der Waals surface area contributed by atoms with Gasteiger partial charge in [-0.1, -0.05) is 18.2 Å². The summed E-state index contributed by atoms with van der Waals surface area (Å²) in [6, 6.07) is 15.4. The van der Waals surface area contributed by atoms with E-state index < -0.39 is 0 Å². The molecule has 6 heteroatoms. The van der Waals surface area contributed by atoms with E-state index in [-0.39, 0.29) is 11.7 Å². The number of aryl methyl sites for hydroxylation is 1. The smallest absolute Gasteiger partial charge is 0.226 e. The summed E-state index contributed by atoms with van der Waals surface area (Å²) < 4.78 is 21.1. The molecule has 140 valence electrons. The average molecular weight is 367 g/mol. The van der Waals surface area contributed by atoms with Crippen LogP contribution in [0, 0.1) is 12.7 Å². The lowest BCUT2D eigenvalue weighted by Crippen LogP contribution is -2.22. The molecule has 3 aromatic rings. The van der Waals surface area contributed by atoms with E-state index in [4.69, 9.17) is 4.74 Å². The van der Waals surface area contributed by atoms with Gasteiger partial charge in [0.1, 0.15) is 11.6 Å². The Morgan fingerprint density at radius 1 is 1.15 bits per heavy atom. The lowest BCUT2D eigenvalue weighted by molar-refractivity contribution is -0.120. The largest absolute Gasteiger partial charge is 0.439 e. The Kier molecular flexibility index (Phi) is 5.86. The van der Waals surface area contributed by atoms with Crippen molar-refractivity contribution in [2.24, 2.45) is 0 Å². The number of rotatable bonds is 7. The molecule has 0 radical (unpaired) electrons. The second kappa shape index (κ2) is 8.49. The SMILES string of the molecule is CCNC(=O)CCc1c(C)nn(-c2ccc(F)cc2)c1Oc1ccccc1. The Balaban J connectivity index is 1.98. The minimum atomic E-state index is -0.315. The molecule has 1 N–H and O–H groups in total. The van der Waals surface area contributed by atoms with E-state index >= 15 is 0 Å². The Hall–Kier alpha value is -3.15. The average Bonchev–Trinajstić information content (AvgIpc) is 2.97. The first-order valence-electron chi connectivity index (χ1n) is 8.92. The molecule has 3 rings (SSSR count). The number of hydrogen-bond acceptors (Lipinski definition) is 3. The molecule has 1 aromatic heterocycles. The molecule has 2 aromatic carbocycles. The highest BCUT2D eigenvalue weighted by Crippen LogP contribution is 2.31. The third kappa shape index (κ3) is 4.53. The van der Waals surface area contributed by atoms with Gasteiger partial charge < -0.3 is 10.1 Å². The first-order chi connectivity index (χ1) is 13.1. The molecule has 0 aliphatic rings. The Morgan fingerprint density at radius 2 is 1.85 bits per heavy atom. The number of halogens is 1. The van der Waals surface area contributed by atoms with Gasteiger partial charge in [-0.25, -0.2) is 9.07 Å². The third-order valence-corrected chi connectivity index (χ3v) is 4.14. The molecule has 0 saturated heterocycles. The maximum atomic E-state index is 13.3. The summed E-state index contributed by atoms with van der Waals surface area (Å²) in [4.78, 5) is 11.9. The van der Waals surface area contributed by atoms with Gasteiger partial charge in [0.15, 0.2) is 0 Å². The maximum absolute atomic E-state index is 13.3. The molecule has 0 unspecified atom stereocenters. The summed E-state index contributed by atoms with van der Waals surface area (Å²) in [5.74, 6) is 0.872. The highest BCUT2D eigenvalue weighted by atomic mass is 19.1. The van der Waals surface area contributed by atoms with Crippen LogP contribution in [0.2, 0.25) is 0 Å². The van der Waals surface area contributed by atoms with Gasteiger partial charge in [0.25, 0.3) is 0 Å². The first kappa shape index (κ1) is 18.6. The van der Waals surface area contributed by atoms with Crippen molar-refractivity contribution < 1.29 is 13.9 Å². The van der Waals surface area contributed by atoms with Gasteiger partial charge in [0.05, 0.1) is 11.4 Å². The van der Waals surface area contributed by atoms with Crippen molar-refractivity contribution in [1.82, 2.24) is 15.1 Å². The number of aromatic nitrogens is 2. The summed E-state index contributed by atoms with van der Waals surface area (Å²) in [5, 5.41) is 7.37. The molecule has 5 nitrogen and oxygen atoms in total. The number of ether oxygens (including phenoxy) is 1. The summed E-state index contributed by atoms with van der Waals surface area (Å²) in [6.45, 7) is 4.37. The normalized spacial score (nSPS) is 10.6. The van der Waals surface area contributed by atoms with Gasteiger partial charge >= 0.3 is 0 Å². The zero-order valence-corrected chi connectivity index (χ0v) is 15.4. The van der Waals surface area contributed by atoms with Crippen LogP contribution >= 0.6 is 0 Å². The lowest BCUT2D eigenvalue weighted by Gasteiger charge is -2.11. The van der Waals surface area contributed by atoms with Gasteiger partial charge in [-0.15, -0.1) is 0 Å². The van der Waals surface area contributed by atoms with Crippen molar-refractivity contribution in [2.75, 3.05) is 6.54 Å². The van der Waals surface area contributed by atoms with Gasteiger partial charge in [0.2, 0.25) is 11.8 Å². The van der Waals surface area contributed by atoms with E-state index in [0.717, 1.165) is 11.3 Å². The zero-order valence-electron chi connectivity index (χ0n) is 15.4. The van der Waals surface area contributed by atoms with E-state index in [9.17, 15) is 9.18 Å². The second-order valence-electron chi connectivity index (χ2n) is 6.13. The van der Waals surface area contributed by atoms with Crippen molar-refractivity contribution in [2.45, 2.75) is 26.7 Å². The summed E-state index contributed by atoms with van der Waals surface area (Å²) >= 11 is 0. The maximum Gasteiger partial charge on any atom is 0.226 e. The second-order valence-corrected chi connectivity index (χ2v) is 6.13. The van der Waals surface area contributed by atoms with Crippen molar-refractivity contribution in [1.29, 1.82) is 0 Å². The number of benzene rings is 2. The minimum Gasteiger partial charge on any atom is -0.439 e. The molecule has 0 bridgehead atoms. The minimum absolute atomic E-state index is 0.0166. The van der Waals surface area contributed by atoms with Crippen molar-refractivity contribution in [3.05, 3.63) is 71.7 Å². The van der Waals surface area contributed by atoms with Crippen LogP contribution in [0.4, 0.5) is 4.39 Å². The fraction of sp³-hybridized carbons (Fsp3) is 0.238. The van der Waals surface area contributed by atoms with E-state index in [1.165, 1.54) is 12.1 Å². The van der Waals surface area contributed by atoms with Gasteiger partial charge in [-0.2, -0.15) is 5.10 Å². The molecule has 27 heavy (non-hydrogen) atoms. The Morgan fingerprint density at radius 3 is 2.52 bits per heavy atom. The quantitative estimate of drug-likeness (QED) is 0.681. The number of para-hydroxylation sites is 1. The molecule has 0 atom stereocenters. The molecular formula is C21H22FN3O2. The monoisotopic (exact) mass is 367 g/mol. The Bertz CT molecular complexity index is 905. The fourth-order valence-corrected chi connectivity index (χ4v) is 2.81. The predicted octanol–water partition coefficient (Wildman–Crippen LogP) is 4.18.